The van der Waals surface area contributed by atoms with Crippen molar-refractivity contribution in [3.8, 4) is 0 Å². The van der Waals surface area contributed by atoms with Gasteiger partial charge in [-0.2, -0.15) is 0 Å². The summed E-state index contributed by atoms with van der Waals surface area (Å²) in [5.74, 6) is 0.613. The van der Waals surface area contributed by atoms with Crippen molar-refractivity contribution in [2.75, 3.05) is 19.7 Å². The number of carbonyl (C=O) groups is 2. The van der Waals surface area contributed by atoms with Crippen LogP contribution in [0.5, 0.6) is 0 Å². The maximum Gasteiger partial charge on any atom is 0.290 e. The molecule has 0 bridgehead atoms. The Labute approximate surface area is 148 Å². The molecule has 26 heavy (non-hydrogen) atoms. The van der Waals surface area contributed by atoms with Crippen molar-refractivity contribution < 1.29 is 19.4 Å². The van der Waals surface area contributed by atoms with Gasteiger partial charge in [0.05, 0.1) is 24.2 Å². The Hall–Kier alpha value is -3.27. The summed E-state index contributed by atoms with van der Waals surface area (Å²) < 4.78 is 7.30. The van der Waals surface area contributed by atoms with Crippen LogP contribution in [0.1, 0.15) is 22.3 Å². The Bertz CT molecular complexity index is 905. The monoisotopic (exact) mass is 358 g/mol. The van der Waals surface area contributed by atoms with E-state index in [1.54, 1.807) is 16.6 Å². The molecule has 1 fully saturated rings. The lowest BCUT2D eigenvalue weighted by Crippen LogP contribution is -2.43. The van der Waals surface area contributed by atoms with E-state index in [-0.39, 0.29) is 18.5 Å². The number of tetrazole rings is 1. The zero-order valence-electron chi connectivity index (χ0n) is 14.1. The second-order valence-corrected chi connectivity index (χ2v) is 5.62. The Morgan fingerprint density at radius 3 is 2.96 bits per heavy atom. The molecule has 10 heteroatoms. The number of aromatic nitrogens is 5. The summed E-state index contributed by atoms with van der Waals surface area (Å²) in [6.45, 7) is 1.20. The summed E-state index contributed by atoms with van der Waals surface area (Å²) in [4.78, 5) is 26.2. The molecule has 3 aromatic rings. The number of carbonyl (C=O) groups excluding carboxylic acids is 1. The smallest absolute Gasteiger partial charge is 0.290 e. The maximum absolute atomic E-state index is 12.9. The van der Waals surface area contributed by atoms with Crippen LogP contribution in [0.2, 0.25) is 0 Å². The lowest BCUT2D eigenvalue weighted by atomic mass is 10.1. The second kappa shape index (κ2) is 7.74. The highest BCUT2D eigenvalue weighted by Crippen LogP contribution is 2.23. The third kappa shape index (κ3) is 3.40. The molecular formula is C16H18N6O4. The molecule has 4 rings (SSSR count). The van der Waals surface area contributed by atoms with Gasteiger partial charge in [0.2, 0.25) is 0 Å². The van der Waals surface area contributed by atoms with Crippen molar-refractivity contribution in [3.05, 3.63) is 41.9 Å². The summed E-state index contributed by atoms with van der Waals surface area (Å²) in [5, 5.41) is 19.3. The normalized spacial score (nSPS) is 16.8. The van der Waals surface area contributed by atoms with E-state index in [9.17, 15) is 4.79 Å². The lowest BCUT2D eigenvalue weighted by molar-refractivity contribution is -0.122. The number of ether oxygens (including phenoxy) is 1. The van der Waals surface area contributed by atoms with E-state index in [0.717, 1.165) is 10.9 Å². The zero-order chi connectivity index (χ0) is 18.5. The summed E-state index contributed by atoms with van der Waals surface area (Å²) in [5.41, 5.74) is 1.53. The number of benzene rings is 1. The highest BCUT2D eigenvalue weighted by molar-refractivity contribution is 6.05. The van der Waals surface area contributed by atoms with Gasteiger partial charge >= 0.3 is 0 Å². The average Bonchev–Trinajstić information content (AvgIpc) is 3.30. The summed E-state index contributed by atoms with van der Waals surface area (Å²) in [6, 6.07) is 7.68. The van der Waals surface area contributed by atoms with Crippen molar-refractivity contribution in [1.29, 1.82) is 0 Å². The van der Waals surface area contributed by atoms with Crippen molar-refractivity contribution in [1.82, 2.24) is 30.1 Å². The standard InChI is InChI=1S/C15H16N6O2.CH2O2/c1-20-14(17-18-19-20)12-9-21(7-8-23-12)15(22)11-4-2-3-10-5-6-16-13(10)11;2-1-3/h2-6,12,16H,7-9H2,1H3;1H,(H,2,3). The van der Waals surface area contributed by atoms with E-state index in [0.29, 0.717) is 31.1 Å². The number of nitrogens with one attached hydrogen (secondary N) is 1. The summed E-state index contributed by atoms with van der Waals surface area (Å²) in [7, 11) is 1.76. The van der Waals surface area contributed by atoms with Crippen LogP contribution in [0.25, 0.3) is 10.9 Å². The SMILES string of the molecule is Cn1nnnc1C1CN(C(=O)c2cccc3cc[nH]c23)CCO1.O=CO. The molecule has 0 spiro atoms. The van der Waals surface area contributed by atoms with Gasteiger partial charge in [-0.25, -0.2) is 4.68 Å². The molecule has 2 aromatic heterocycles. The van der Waals surface area contributed by atoms with Crippen LogP contribution in [-0.2, 0) is 16.6 Å². The number of fused-ring (bicyclic) bond motifs is 1. The number of amides is 1. The summed E-state index contributed by atoms with van der Waals surface area (Å²) >= 11 is 0. The number of aromatic amines is 1. The number of para-hydroxylation sites is 1. The van der Waals surface area contributed by atoms with E-state index in [4.69, 9.17) is 14.6 Å². The van der Waals surface area contributed by atoms with Gasteiger partial charge in [-0.05, 0) is 22.6 Å². The van der Waals surface area contributed by atoms with Gasteiger partial charge in [0.15, 0.2) is 5.82 Å². The molecule has 1 atom stereocenters. The molecule has 1 aliphatic heterocycles. The Morgan fingerprint density at radius 2 is 2.23 bits per heavy atom. The Morgan fingerprint density at radius 1 is 1.42 bits per heavy atom. The second-order valence-electron chi connectivity index (χ2n) is 5.62. The number of rotatable bonds is 2. The molecule has 1 unspecified atom stereocenters. The van der Waals surface area contributed by atoms with Crippen LogP contribution in [0, 0.1) is 0 Å². The predicted octanol–water partition coefficient (Wildman–Crippen LogP) is 0.606. The lowest BCUT2D eigenvalue weighted by Gasteiger charge is -2.32. The van der Waals surface area contributed by atoms with Crippen molar-refractivity contribution in [2.45, 2.75) is 6.10 Å². The van der Waals surface area contributed by atoms with E-state index in [1.165, 1.54) is 0 Å². The minimum absolute atomic E-state index is 0.0125. The van der Waals surface area contributed by atoms with Crippen LogP contribution >= 0.6 is 0 Å². The largest absolute Gasteiger partial charge is 0.483 e. The van der Waals surface area contributed by atoms with Gasteiger partial charge in [0.25, 0.3) is 12.4 Å². The first-order valence-corrected chi connectivity index (χ1v) is 7.92. The molecule has 0 aliphatic carbocycles. The van der Waals surface area contributed by atoms with E-state index in [2.05, 4.69) is 20.5 Å². The van der Waals surface area contributed by atoms with Crippen LogP contribution in [0.4, 0.5) is 0 Å². The molecule has 136 valence electrons. The van der Waals surface area contributed by atoms with Gasteiger partial charge in [0, 0.05) is 25.2 Å². The molecule has 2 N–H and O–H groups in total. The number of carboxylic acid groups (broad SMARTS) is 1. The van der Waals surface area contributed by atoms with Gasteiger partial charge < -0.3 is 19.7 Å². The highest BCUT2D eigenvalue weighted by Gasteiger charge is 2.29. The molecule has 10 nitrogen and oxygen atoms in total. The number of aryl methyl sites for hydroxylation is 1. The molecule has 1 aliphatic rings. The predicted molar refractivity (Wildman–Crippen MR) is 90.4 cm³/mol. The van der Waals surface area contributed by atoms with Crippen molar-refractivity contribution in [3.63, 3.8) is 0 Å². The molecule has 3 heterocycles. The Balaban J connectivity index is 0.000000613. The average molecular weight is 358 g/mol. The molecule has 0 radical (unpaired) electrons. The van der Waals surface area contributed by atoms with Crippen LogP contribution in [0.3, 0.4) is 0 Å². The number of morpholine rings is 1. The fourth-order valence-corrected chi connectivity index (χ4v) is 2.93. The van der Waals surface area contributed by atoms with Gasteiger partial charge in [-0.15, -0.1) is 5.10 Å². The topological polar surface area (TPSA) is 126 Å². The first kappa shape index (κ1) is 17.5. The van der Waals surface area contributed by atoms with E-state index >= 15 is 0 Å². The fraction of sp³-hybridized carbons (Fsp3) is 0.312. The first-order valence-electron chi connectivity index (χ1n) is 7.92. The van der Waals surface area contributed by atoms with Crippen molar-refractivity contribution >= 4 is 23.3 Å². The van der Waals surface area contributed by atoms with Crippen LogP contribution in [-0.4, -0.2) is 67.3 Å². The maximum atomic E-state index is 12.9. The zero-order valence-corrected chi connectivity index (χ0v) is 14.1. The quantitative estimate of drug-likeness (QED) is 0.643. The van der Waals surface area contributed by atoms with E-state index < -0.39 is 0 Å². The van der Waals surface area contributed by atoms with E-state index in [1.807, 2.05) is 30.5 Å². The van der Waals surface area contributed by atoms with Gasteiger partial charge in [-0.3, -0.25) is 9.59 Å². The van der Waals surface area contributed by atoms with Crippen LogP contribution in [0.15, 0.2) is 30.5 Å². The highest BCUT2D eigenvalue weighted by atomic mass is 16.5. The number of H-pyrrole nitrogens is 1. The minimum atomic E-state index is -0.310. The molecule has 1 aromatic carbocycles. The minimum Gasteiger partial charge on any atom is -0.483 e. The molecule has 0 saturated carbocycles. The Kier molecular flexibility index (Phi) is 5.23. The molecular weight excluding hydrogens is 340 g/mol. The number of hydrogen-bond acceptors (Lipinski definition) is 6. The van der Waals surface area contributed by atoms with Gasteiger partial charge in [-0.1, -0.05) is 12.1 Å². The number of nitrogens with zero attached hydrogens (tertiary/aromatic N) is 5. The van der Waals surface area contributed by atoms with Gasteiger partial charge in [0.1, 0.15) is 6.10 Å². The third-order valence-corrected chi connectivity index (χ3v) is 4.11. The molecule has 1 amide bonds. The third-order valence-electron chi connectivity index (χ3n) is 4.11. The molecule has 1 saturated heterocycles. The fourth-order valence-electron chi connectivity index (χ4n) is 2.93. The first-order chi connectivity index (χ1) is 12.7. The van der Waals surface area contributed by atoms with Crippen molar-refractivity contribution in [2.24, 2.45) is 7.05 Å². The number of hydrogen-bond donors (Lipinski definition) is 2. The summed E-state index contributed by atoms with van der Waals surface area (Å²) in [6.07, 6.45) is 1.53. The van der Waals surface area contributed by atoms with Crippen LogP contribution < -0.4 is 0 Å².